The van der Waals surface area contributed by atoms with E-state index in [9.17, 15) is 0 Å². The zero-order valence-electron chi connectivity index (χ0n) is 17.9. The molecule has 0 saturated heterocycles. The molecule has 4 aromatic rings. The van der Waals surface area contributed by atoms with Crippen LogP contribution < -0.4 is 10.6 Å². The van der Waals surface area contributed by atoms with Crippen molar-refractivity contribution < 1.29 is 4.42 Å². The van der Waals surface area contributed by atoms with Gasteiger partial charge in [0.2, 0.25) is 5.89 Å². The SMILES string of the molecule is CCNC(=NCc1ccccc1Cn1cccn1)NCc1coc(-c2ccccc2)n1.I. The molecule has 0 bridgehead atoms. The number of oxazole rings is 1. The molecule has 0 unspecified atom stereocenters. The molecule has 0 spiro atoms. The van der Waals surface area contributed by atoms with Gasteiger partial charge >= 0.3 is 0 Å². The number of nitrogens with one attached hydrogen (secondary N) is 2. The van der Waals surface area contributed by atoms with E-state index in [1.807, 2.05) is 66.3 Å². The van der Waals surface area contributed by atoms with Gasteiger partial charge in [0.25, 0.3) is 0 Å². The molecule has 2 aromatic heterocycles. The third-order valence-electron chi connectivity index (χ3n) is 4.77. The molecule has 8 heteroatoms. The maximum Gasteiger partial charge on any atom is 0.226 e. The van der Waals surface area contributed by atoms with E-state index in [0.29, 0.717) is 19.0 Å². The number of hydrogen-bond donors (Lipinski definition) is 2. The van der Waals surface area contributed by atoms with E-state index in [2.05, 4.69) is 32.8 Å². The highest BCUT2D eigenvalue weighted by molar-refractivity contribution is 14.0. The Balaban J connectivity index is 0.00000289. The molecule has 2 N–H and O–H groups in total. The molecule has 7 nitrogen and oxygen atoms in total. The molecule has 0 aliphatic heterocycles. The molecule has 2 heterocycles. The lowest BCUT2D eigenvalue weighted by molar-refractivity contribution is 0.572. The van der Waals surface area contributed by atoms with Crippen LogP contribution in [-0.4, -0.2) is 27.3 Å². The van der Waals surface area contributed by atoms with Crippen molar-refractivity contribution in [2.45, 2.75) is 26.6 Å². The molecule has 0 fully saturated rings. The second-order valence-corrected chi connectivity index (χ2v) is 7.03. The van der Waals surface area contributed by atoms with E-state index in [1.54, 1.807) is 12.5 Å². The van der Waals surface area contributed by atoms with Gasteiger partial charge in [-0.3, -0.25) is 4.68 Å². The quantitative estimate of drug-likeness (QED) is 0.195. The van der Waals surface area contributed by atoms with Crippen LogP contribution in [0.4, 0.5) is 0 Å². The minimum atomic E-state index is 0. The van der Waals surface area contributed by atoms with Gasteiger partial charge in [-0.25, -0.2) is 9.98 Å². The summed E-state index contributed by atoms with van der Waals surface area (Å²) in [6.07, 6.45) is 5.44. The van der Waals surface area contributed by atoms with Gasteiger partial charge in [-0.1, -0.05) is 42.5 Å². The average Bonchev–Trinajstić information content (AvgIpc) is 3.49. The summed E-state index contributed by atoms with van der Waals surface area (Å²) in [5.41, 5.74) is 4.16. The third-order valence-corrected chi connectivity index (χ3v) is 4.77. The Morgan fingerprint density at radius 2 is 1.78 bits per heavy atom. The summed E-state index contributed by atoms with van der Waals surface area (Å²) in [7, 11) is 0. The van der Waals surface area contributed by atoms with Crippen LogP contribution in [0.2, 0.25) is 0 Å². The molecule has 2 aromatic carbocycles. The maximum atomic E-state index is 5.62. The Hall–Kier alpha value is -3.14. The summed E-state index contributed by atoms with van der Waals surface area (Å²) in [5.74, 6) is 1.35. The Bertz CT molecular complexity index is 1110. The highest BCUT2D eigenvalue weighted by Crippen LogP contribution is 2.17. The minimum Gasteiger partial charge on any atom is -0.444 e. The van der Waals surface area contributed by atoms with Crippen molar-refractivity contribution in [3.63, 3.8) is 0 Å². The van der Waals surface area contributed by atoms with Crippen molar-refractivity contribution in [1.82, 2.24) is 25.4 Å². The first-order chi connectivity index (χ1) is 15.3. The Labute approximate surface area is 205 Å². The summed E-state index contributed by atoms with van der Waals surface area (Å²) in [6, 6.07) is 20.1. The summed E-state index contributed by atoms with van der Waals surface area (Å²) < 4.78 is 7.54. The van der Waals surface area contributed by atoms with Crippen LogP contribution in [-0.2, 0) is 19.6 Å². The molecule has 0 atom stereocenters. The fourth-order valence-electron chi connectivity index (χ4n) is 3.22. The van der Waals surface area contributed by atoms with Crippen LogP contribution in [0.1, 0.15) is 23.7 Å². The zero-order chi connectivity index (χ0) is 21.3. The topological polar surface area (TPSA) is 80.3 Å². The van der Waals surface area contributed by atoms with Gasteiger partial charge in [0, 0.05) is 24.5 Å². The fraction of sp³-hybridized carbons (Fsp3) is 0.208. The van der Waals surface area contributed by atoms with E-state index in [4.69, 9.17) is 9.41 Å². The molecule has 32 heavy (non-hydrogen) atoms. The van der Waals surface area contributed by atoms with Gasteiger partial charge in [0.1, 0.15) is 6.26 Å². The second-order valence-electron chi connectivity index (χ2n) is 7.03. The number of aromatic nitrogens is 3. The number of rotatable bonds is 8. The van der Waals surface area contributed by atoms with Crippen molar-refractivity contribution in [2.24, 2.45) is 4.99 Å². The maximum absolute atomic E-state index is 5.62. The molecule has 0 saturated carbocycles. The van der Waals surface area contributed by atoms with E-state index < -0.39 is 0 Å². The highest BCUT2D eigenvalue weighted by Gasteiger charge is 2.08. The third kappa shape index (κ3) is 6.43. The van der Waals surface area contributed by atoms with Crippen LogP contribution >= 0.6 is 24.0 Å². The molecule has 0 radical (unpaired) electrons. The van der Waals surface area contributed by atoms with E-state index in [0.717, 1.165) is 30.3 Å². The van der Waals surface area contributed by atoms with E-state index in [-0.39, 0.29) is 24.0 Å². The number of guanidine groups is 1. The summed E-state index contributed by atoms with van der Waals surface area (Å²) >= 11 is 0. The van der Waals surface area contributed by atoms with Gasteiger partial charge < -0.3 is 15.1 Å². The smallest absolute Gasteiger partial charge is 0.226 e. The lowest BCUT2D eigenvalue weighted by atomic mass is 10.1. The molecule has 0 aliphatic carbocycles. The molecular formula is C24H27IN6O. The standard InChI is InChI=1S/C24H26N6O.HI/c1-2-25-24(27-16-22-18-31-23(29-22)19-9-4-3-5-10-19)26-15-20-11-6-7-12-21(20)17-30-14-8-13-28-30;/h3-14,18H,2,15-17H2,1H3,(H2,25,26,27);1H. The number of nitrogens with zero attached hydrogens (tertiary/aromatic N) is 4. The Kier molecular flexibility index (Phi) is 8.85. The largest absolute Gasteiger partial charge is 0.444 e. The summed E-state index contributed by atoms with van der Waals surface area (Å²) in [5, 5.41) is 10.9. The Morgan fingerprint density at radius 1 is 1.00 bits per heavy atom. The number of hydrogen-bond acceptors (Lipinski definition) is 4. The predicted octanol–water partition coefficient (Wildman–Crippen LogP) is 4.46. The van der Waals surface area contributed by atoms with Crippen LogP contribution in [0.15, 0.2) is 88.7 Å². The van der Waals surface area contributed by atoms with Crippen molar-refractivity contribution in [3.05, 3.63) is 96.1 Å². The van der Waals surface area contributed by atoms with Crippen LogP contribution in [0, 0.1) is 0 Å². The van der Waals surface area contributed by atoms with Crippen LogP contribution in [0.5, 0.6) is 0 Å². The van der Waals surface area contributed by atoms with E-state index in [1.165, 1.54) is 11.1 Å². The zero-order valence-corrected chi connectivity index (χ0v) is 20.3. The van der Waals surface area contributed by atoms with Crippen molar-refractivity contribution in [2.75, 3.05) is 6.54 Å². The van der Waals surface area contributed by atoms with Crippen molar-refractivity contribution >= 4 is 29.9 Å². The van der Waals surface area contributed by atoms with Gasteiger partial charge in [0.15, 0.2) is 5.96 Å². The van der Waals surface area contributed by atoms with Crippen LogP contribution in [0.25, 0.3) is 11.5 Å². The number of halogens is 1. The normalized spacial score (nSPS) is 11.1. The second kappa shape index (κ2) is 12.0. The summed E-state index contributed by atoms with van der Waals surface area (Å²) in [4.78, 5) is 9.33. The molecule has 0 aliphatic rings. The summed E-state index contributed by atoms with van der Waals surface area (Å²) in [6.45, 7) is 4.64. The van der Waals surface area contributed by atoms with Gasteiger partial charge in [-0.15, -0.1) is 24.0 Å². The first-order valence-corrected chi connectivity index (χ1v) is 10.4. The molecule has 0 amide bonds. The Morgan fingerprint density at radius 3 is 2.53 bits per heavy atom. The first kappa shape index (κ1) is 23.5. The van der Waals surface area contributed by atoms with E-state index >= 15 is 0 Å². The number of aliphatic imine (C=N–C) groups is 1. The molecular weight excluding hydrogens is 515 g/mol. The fourth-order valence-corrected chi connectivity index (χ4v) is 3.22. The molecule has 166 valence electrons. The lowest BCUT2D eigenvalue weighted by Gasteiger charge is -2.12. The van der Waals surface area contributed by atoms with Gasteiger partial charge in [0.05, 0.1) is 25.3 Å². The van der Waals surface area contributed by atoms with Crippen molar-refractivity contribution in [3.8, 4) is 11.5 Å². The van der Waals surface area contributed by atoms with Gasteiger partial charge in [-0.2, -0.15) is 5.10 Å². The number of benzene rings is 2. The van der Waals surface area contributed by atoms with Gasteiger partial charge in [-0.05, 0) is 36.2 Å². The van der Waals surface area contributed by atoms with Crippen LogP contribution in [0.3, 0.4) is 0 Å². The first-order valence-electron chi connectivity index (χ1n) is 10.4. The monoisotopic (exact) mass is 542 g/mol. The minimum absolute atomic E-state index is 0. The molecule has 4 rings (SSSR count). The predicted molar refractivity (Wildman–Crippen MR) is 137 cm³/mol. The lowest BCUT2D eigenvalue weighted by Crippen LogP contribution is -2.36. The van der Waals surface area contributed by atoms with Crippen molar-refractivity contribution in [1.29, 1.82) is 0 Å². The average molecular weight is 542 g/mol. The highest BCUT2D eigenvalue weighted by atomic mass is 127.